The first-order valence-corrected chi connectivity index (χ1v) is 6.99. The van der Waals surface area contributed by atoms with Crippen molar-refractivity contribution in [1.82, 2.24) is 0 Å². The van der Waals surface area contributed by atoms with Gasteiger partial charge in [-0.1, -0.05) is 31.5 Å². The lowest BCUT2D eigenvalue weighted by atomic mass is 9.84. The molecule has 0 saturated carbocycles. The summed E-state index contributed by atoms with van der Waals surface area (Å²) in [6, 6.07) is 5.88. The third-order valence-electron chi connectivity index (χ3n) is 3.70. The smallest absolute Gasteiger partial charge is 0.0762 e. The molecule has 100 valence electrons. The van der Waals surface area contributed by atoms with Crippen LogP contribution >= 0.6 is 11.6 Å². The summed E-state index contributed by atoms with van der Waals surface area (Å²) < 4.78 is 0. The van der Waals surface area contributed by atoms with Gasteiger partial charge in [-0.3, -0.25) is 0 Å². The summed E-state index contributed by atoms with van der Waals surface area (Å²) >= 11 is 6.35. The number of hydrogen-bond acceptors (Lipinski definition) is 2. The largest absolute Gasteiger partial charge is 0.389 e. The number of aliphatic hydroxyl groups is 1. The number of nitrogens with zero attached hydrogens (tertiary/aromatic N) is 1. The molecule has 1 aromatic carbocycles. The van der Waals surface area contributed by atoms with Crippen LogP contribution in [0.5, 0.6) is 0 Å². The maximum Gasteiger partial charge on any atom is 0.0762 e. The normalized spacial score (nSPS) is 20.8. The molecular weight excluding hydrogens is 246 g/mol. The zero-order valence-electron chi connectivity index (χ0n) is 11.4. The second kappa shape index (κ2) is 5.10. The van der Waals surface area contributed by atoms with Crippen LogP contribution in [-0.4, -0.2) is 18.2 Å². The second-order valence-electron chi connectivity index (χ2n) is 6.08. The quantitative estimate of drug-likeness (QED) is 0.875. The number of rotatable bonds is 2. The SMILES string of the molecule is C[C@H](O)c1ccc(N2CCCC(C)(C)C2)c(Cl)c1. The van der Waals surface area contributed by atoms with Gasteiger partial charge in [0.25, 0.3) is 0 Å². The van der Waals surface area contributed by atoms with E-state index in [1.807, 2.05) is 18.2 Å². The maximum atomic E-state index is 9.56. The average molecular weight is 268 g/mol. The van der Waals surface area contributed by atoms with E-state index in [1.165, 1.54) is 12.8 Å². The molecule has 0 spiro atoms. The second-order valence-corrected chi connectivity index (χ2v) is 6.48. The van der Waals surface area contributed by atoms with Crippen molar-refractivity contribution in [2.45, 2.75) is 39.7 Å². The van der Waals surface area contributed by atoms with Crippen LogP contribution in [0.3, 0.4) is 0 Å². The number of aliphatic hydroxyl groups excluding tert-OH is 1. The van der Waals surface area contributed by atoms with Gasteiger partial charge in [0, 0.05) is 13.1 Å². The molecule has 1 fully saturated rings. The third kappa shape index (κ3) is 2.99. The summed E-state index contributed by atoms with van der Waals surface area (Å²) in [5.41, 5.74) is 2.32. The molecule has 18 heavy (non-hydrogen) atoms. The fourth-order valence-corrected chi connectivity index (χ4v) is 2.98. The van der Waals surface area contributed by atoms with Gasteiger partial charge in [0.05, 0.1) is 16.8 Å². The van der Waals surface area contributed by atoms with Crippen molar-refractivity contribution in [3.63, 3.8) is 0 Å². The summed E-state index contributed by atoms with van der Waals surface area (Å²) in [5.74, 6) is 0. The van der Waals surface area contributed by atoms with Gasteiger partial charge in [0.1, 0.15) is 0 Å². The van der Waals surface area contributed by atoms with E-state index in [4.69, 9.17) is 11.6 Å². The average Bonchev–Trinajstić information content (AvgIpc) is 2.27. The van der Waals surface area contributed by atoms with Gasteiger partial charge >= 0.3 is 0 Å². The predicted molar refractivity (Wildman–Crippen MR) is 77.3 cm³/mol. The Morgan fingerprint density at radius 1 is 1.39 bits per heavy atom. The van der Waals surface area contributed by atoms with Crippen LogP contribution in [0.2, 0.25) is 5.02 Å². The number of hydrogen-bond donors (Lipinski definition) is 1. The minimum atomic E-state index is -0.464. The van der Waals surface area contributed by atoms with Crippen molar-refractivity contribution in [1.29, 1.82) is 0 Å². The first-order valence-electron chi connectivity index (χ1n) is 6.61. The summed E-state index contributed by atoms with van der Waals surface area (Å²) in [6.45, 7) is 8.47. The van der Waals surface area contributed by atoms with Gasteiger partial charge in [-0.15, -0.1) is 0 Å². The van der Waals surface area contributed by atoms with Crippen LogP contribution in [0.1, 0.15) is 45.3 Å². The molecule has 1 saturated heterocycles. The Bertz CT molecular complexity index is 429. The van der Waals surface area contributed by atoms with Crippen LogP contribution in [0.25, 0.3) is 0 Å². The summed E-state index contributed by atoms with van der Waals surface area (Å²) in [5, 5.41) is 10.3. The molecule has 1 aromatic rings. The van der Waals surface area contributed by atoms with E-state index in [9.17, 15) is 5.11 Å². The molecule has 2 rings (SSSR count). The van der Waals surface area contributed by atoms with Crippen molar-refractivity contribution >= 4 is 17.3 Å². The van der Waals surface area contributed by atoms with Gasteiger partial charge in [-0.2, -0.15) is 0 Å². The van der Waals surface area contributed by atoms with Crippen LogP contribution in [-0.2, 0) is 0 Å². The van der Waals surface area contributed by atoms with E-state index in [-0.39, 0.29) is 0 Å². The molecule has 0 radical (unpaired) electrons. The van der Waals surface area contributed by atoms with Gasteiger partial charge in [0.2, 0.25) is 0 Å². The lowest BCUT2D eigenvalue weighted by molar-refractivity contribution is 0.199. The molecule has 3 heteroatoms. The van der Waals surface area contributed by atoms with Crippen LogP contribution in [0, 0.1) is 5.41 Å². The summed E-state index contributed by atoms with van der Waals surface area (Å²) in [7, 11) is 0. The van der Waals surface area contributed by atoms with Crippen LogP contribution < -0.4 is 4.90 Å². The standard InChI is InChI=1S/C15H22ClNO/c1-11(18)12-5-6-14(13(16)9-12)17-8-4-7-15(2,3)10-17/h5-6,9,11,18H,4,7-8,10H2,1-3H3/t11-/m0/s1. The van der Waals surface area contributed by atoms with Gasteiger partial charge in [-0.25, -0.2) is 0 Å². The number of anilines is 1. The lowest BCUT2D eigenvalue weighted by Crippen LogP contribution is -2.40. The van der Waals surface area contributed by atoms with E-state index in [1.54, 1.807) is 6.92 Å². The lowest BCUT2D eigenvalue weighted by Gasteiger charge is -2.39. The zero-order chi connectivity index (χ0) is 13.3. The molecule has 1 atom stereocenters. The Balaban J connectivity index is 2.23. The van der Waals surface area contributed by atoms with Gasteiger partial charge in [-0.05, 0) is 42.9 Å². The molecule has 0 amide bonds. The minimum absolute atomic E-state index is 0.352. The molecule has 1 aliphatic rings. The van der Waals surface area contributed by atoms with Crippen molar-refractivity contribution in [3.05, 3.63) is 28.8 Å². The fraction of sp³-hybridized carbons (Fsp3) is 0.600. The highest BCUT2D eigenvalue weighted by atomic mass is 35.5. The molecule has 1 aliphatic heterocycles. The van der Waals surface area contributed by atoms with E-state index in [0.717, 1.165) is 29.4 Å². The highest BCUT2D eigenvalue weighted by Crippen LogP contribution is 2.35. The monoisotopic (exact) mass is 267 g/mol. The van der Waals surface area contributed by atoms with E-state index >= 15 is 0 Å². The Morgan fingerprint density at radius 3 is 2.67 bits per heavy atom. The summed E-state index contributed by atoms with van der Waals surface area (Å²) in [4.78, 5) is 2.36. The van der Waals surface area contributed by atoms with Crippen molar-refractivity contribution < 1.29 is 5.11 Å². The fourth-order valence-electron chi connectivity index (χ4n) is 2.67. The molecule has 1 heterocycles. The minimum Gasteiger partial charge on any atom is -0.389 e. The highest BCUT2D eigenvalue weighted by molar-refractivity contribution is 6.33. The number of benzene rings is 1. The van der Waals surface area contributed by atoms with E-state index < -0.39 is 6.10 Å². The molecule has 1 N–H and O–H groups in total. The van der Waals surface area contributed by atoms with Gasteiger partial charge in [0.15, 0.2) is 0 Å². The topological polar surface area (TPSA) is 23.5 Å². The first kappa shape index (κ1) is 13.7. The summed E-state index contributed by atoms with van der Waals surface area (Å²) in [6.07, 6.45) is 2.02. The Hall–Kier alpha value is -0.730. The Labute approximate surface area is 115 Å². The Kier molecular flexibility index (Phi) is 3.88. The predicted octanol–water partition coefficient (Wildman–Crippen LogP) is 4.02. The molecule has 0 bridgehead atoms. The van der Waals surface area contributed by atoms with E-state index in [2.05, 4.69) is 18.7 Å². The van der Waals surface area contributed by atoms with Crippen LogP contribution in [0.15, 0.2) is 18.2 Å². The molecular formula is C15H22ClNO. The van der Waals surface area contributed by atoms with Gasteiger partial charge < -0.3 is 10.0 Å². The molecule has 0 aromatic heterocycles. The molecule has 0 aliphatic carbocycles. The first-order chi connectivity index (χ1) is 8.39. The maximum absolute atomic E-state index is 9.56. The third-order valence-corrected chi connectivity index (χ3v) is 4.00. The molecule has 2 nitrogen and oxygen atoms in total. The number of halogens is 1. The van der Waals surface area contributed by atoms with Crippen molar-refractivity contribution in [3.8, 4) is 0 Å². The van der Waals surface area contributed by atoms with Crippen LogP contribution in [0.4, 0.5) is 5.69 Å². The zero-order valence-corrected chi connectivity index (χ0v) is 12.2. The molecule has 0 unspecified atom stereocenters. The highest BCUT2D eigenvalue weighted by Gasteiger charge is 2.27. The Morgan fingerprint density at radius 2 is 2.11 bits per heavy atom. The number of piperidine rings is 1. The van der Waals surface area contributed by atoms with Crippen molar-refractivity contribution in [2.75, 3.05) is 18.0 Å². The van der Waals surface area contributed by atoms with Crippen molar-refractivity contribution in [2.24, 2.45) is 5.41 Å². The van der Waals surface area contributed by atoms with E-state index in [0.29, 0.717) is 5.41 Å².